The van der Waals surface area contributed by atoms with Crippen LogP contribution in [0.3, 0.4) is 0 Å². The molecule has 11 heavy (non-hydrogen) atoms. The van der Waals surface area contributed by atoms with Crippen LogP contribution in [-0.4, -0.2) is 11.0 Å². The number of thiol groups is 1. The van der Waals surface area contributed by atoms with Gasteiger partial charge in [0.2, 0.25) is 0 Å². The van der Waals surface area contributed by atoms with E-state index in [0.717, 1.165) is 12.8 Å². The summed E-state index contributed by atoms with van der Waals surface area (Å²) in [6.07, 6.45) is 2.72. The van der Waals surface area contributed by atoms with E-state index in [4.69, 9.17) is 0 Å². The van der Waals surface area contributed by atoms with Crippen LogP contribution in [0.15, 0.2) is 0 Å². The molecule has 2 atom stereocenters. The van der Waals surface area contributed by atoms with Gasteiger partial charge in [-0.2, -0.15) is 12.6 Å². The van der Waals surface area contributed by atoms with Crippen molar-refractivity contribution in [2.24, 2.45) is 5.92 Å². The Bertz CT molecular complexity index is 121. The highest BCUT2D eigenvalue weighted by molar-refractivity contribution is 7.80. The van der Waals surface area contributed by atoms with Crippen molar-refractivity contribution in [3.8, 4) is 0 Å². The first-order valence-corrected chi connectivity index (χ1v) is 4.80. The van der Waals surface area contributed by atoms with Gasteiger partial charge in [0.25, 0.3) is 0 Å². The van der Waals surface area contributed by atoms with Crippen molar-refractivity contribution in [2.45, 2.75) is 45.3 Å². The molecule has 0 aliphatic heterocycles. The lowest BCUT2D eigenvalue weighted by Gasteiger charge is -2.09. The van der Waals surface area contributed by atoms with Gasteiger partial charge in [0.15, 0.2) is 0 Å². The molecule has 0 aliphatic rings. The quantitative estimate of drug-likeness (QED) is 0.634. The average molecular weight is 174 g/mol. The van der Waals surface area contributed by atoms with Gasteiger partial charge in [0.05, 0.1) is 0 Å². The highest BCUT2D eigenvalue weighted by Gasteiger charge is 2.12. The van der Waals surface area contributed by atoms with Crippen LogP contribution in [0.5, 0.6) is 0 Å². The standard InChI is InChI=1S/C9H18OS/c1-4-5-7(2)9(10)6-8(3)11/h7-8,11H,4-6H2,1-3H3. The van der Waals surface area contributed by atoms with E-state index in [9.17, 15) is 4.79 Å². The van der Waals surface area contributed by atoms with E-state index in [1.165, 1.54) is 0 Å². The van der Waals surface area contributed by atoms with Gasteiger partial charge in [-0.05, 0) is 6.42 Å². The zero-order valence-corrected chi connectivity index (χ0v) is 8.53. The van der Waals surface area contributed by atoms with Crippen molar-refractivity contribution < 1.29 is 4.79 Å². The van der Waals surface area contributed by atoms with Crippen LogP contribution in [-0.2, 0) is 4.79 Å². The number of carbonyl (C=O) groups excluding carboxylic acids is 1. The highest BCUT2D eigenvalue weighted by Crippen LogP contribution is 2.11. The molecule has 2 unspecified atom stereocenters. The van der Waals surface area contributed by atoms with Crippen molar-refractivity contribution >= 4 is 18.4 Å². The Morgan fingerprint density at radius 3 is 2.36 bits per heavy atom. The van der Waals surface area contributed by atoms with Gasteiger partial charge in [0, 0.05) is 17.6 Å². The fourth-order valence-corrected chi connectivity index (χ4v) is 1.27. The summed E-state index contributed by atoms with van der Waals surface area (Å²) in [5.41, 5.74) is 0. The molecular formula is C9H18OS. The van der Waals surface area contributed by atoms with Gasteiger partial charge in [-0.1, -0.05) is 27.2 Å². The molecular weight excluding hydrogens is 156 g/mol. The van der Waals surface area contributed by atoms with Gasteiger partial charge in [-0.3, -0.25) is 4.79 Å². The van der Waals surface area contributed by atoms with E-state index in [1.807, 2.05) is 13.8 Å². The van der Waals surface area contributed by atoms with Crippen LogP contribution in [0.1, 0.15) is 40.0 Å². The second-order valence-corrected chi connectivity index (χ2v) is 4.09. The normalized spacial score (nSPS) is 16.0. The first kappa shape index (κ1) is 11.0. The minimum absolute atomic E-state index is 0.210. The lowest BCUT2D eigenvalue weighted by Crippen LogP contribution is -2.14. The molecule has 0 bridgehead atoms. The molecule has 2 heteroatoms. The Balaban J connectivity index is 3.64. The molecule has 0 saturated heterocycles. The maximum Gasteiger partial charge on any atom is 0.136 e. The summed E-state index contributed by atoms with van der Waals surface area (Å²) < 4.78 is 0. The molecule has 0 spiro atoms. The van der Waals surface area contributed by atoms with Crippen LogP contribution in [0.25, 0.3) is 0 Å². The van der Waals surface area contributed by atoms with Gasteiger partial charge in [-0.15, -0.1) is 0 Å². The number of ketones is 1. The number of hydrogen-bond acceptors (Lipinski definition) is 2. The first-order chi connectivity index (χ1) is 5.07. The molecule has 0 radical (unpaired) electrons. The Morgan fingerprint density at radius 2 is 2.00 bits per heavy atom. The van der Waals surface area contributed by atoms with E-state index in [2.05, 4.69) is 19.6 Å². The molecule has 66 valence electrons. The average Bonchev–Trinajstić information content (AvgIpc) is 1.86. The summed E-state index contributed by atoms with van der Waals surface area (Å²) in [5.74, 6) is 0.587. The zero-order chi connectivity index (χ0) is 8.85. The van der Waals surface area contributed by atoms with Gasteiger partial charge in [0.1, 0.15) is 5.78 Å². The molecule has 0 aromatic rings. The summed E-state index contributed by atoms with van der Waals surface area (Å²) >= 11 is 4.18. The Labute approximate surface area is 75.0 Å². The summed E-state index contributed by atoms with van der Waals surface area (Å²) in [6, 6.07) is 0. The predicted octanol–water partition coefficient (Wildman–Crippen LogP) is 2.70. The van der Waals surface area contributed by atoms with Crippen LogP contribution in [0.2, 0.25) is 0 Å². The van der Waals surface area contributed by atoms with Crippen molar-refractivity contribution in [3.05, 3.63) is 0 Å². The molecule has 0 N–H and O–H groups in total. The third-order valence-corrected chi connectivity index (χ3v) is 1.95. The molecule has 0 aliphatic carbocycles. The van der Waals surface area contributed by atoms with Gasteiger partial charge >= 0.3 is 0 Å². The zero-order valence-electron chi connectivity index (χ0n) is 7.63. The topological polar surface area (TPSA) is 17.1 Å². The smallest absolute Gasteiger partial charge is 0.136 e. The molecule has 0 aromatic heterocycles. The van der Waals surface area contributed by atoms with Crippen LogP contribution in [0.4, 0.5) is 0 Å². The maximum absolute atomic E-state index is 11.3. The van der Waals surface area contributed by atoms with Crippen molar-refractivity contribution in [3.63, 3.8) is 0 Å². The second kappa shape index (κ2) is 5.64. The molecule has 0 heterocycles. The van der Waals surface area contributed by atoms with E-state index < -0.39 is 0 Å². The fraction of sp³-hybridized carbons (Fsp3) is 0.889. The predicted molar refractivity (Wildman–Crippen MR) is 52.1 cm³/mol. The third kappa shape index (κ3) is 5.31. The SMILES string of the molecule is CCCC(C)C(=O)CC(C)S. The minimum Gasteiger partial charge on any atom is -0.299 e. The lowest BCUT2D eigenvalue weighted by atomic mass is 9.98. The van der Waals surface area contributed by atoms with Crippen molar-refractivity contribution in [1.82, 2.24) is 0 Å². The van der Waals surface area contributed by atoms with E-state index in [0.29, 0.717) is 12.2 Å². The molecule has 0 fully saturated rings. The number of Topliss-reactive ketones (excluding diaryl/α,β-unsaturated/α-hetero) is 1. The Hall–Kier alpha value is 0.0200. The van der Waals surface area contributed by atoms with Gasteiger partial charge < -0.3 is 0 Å². The monoisotopic (exact) mass is 174 g/mol. The van der Waals surface area contributed by atoms with Gasteiger partial charge in [-0.25, -0.2) is 0 Å². The minimum atomic E-state index is 0.210. The third-order valence-electron chi connectivity index (χ3n) is 1.77. The molecule has 0 saturated carbocycles. The molecule has 0 amide bonds. The van der Waals surface area contributed by atoms with E-state index >= 15 is 0 Å². The lowest BCUT2D eigenvalue weighted by molar-refractivity contribution is -0.122. The van der Waals surface area contributed by atoms with Crippen LogP contribution < -0.4 is 0 Å². The molecule has 1 nitrogen and oxygen atoms in total. The summed E-state index contributed by atoms with van der Waals surface area (Å²) in [5, 5.41) is 0.210. The summed E-state index contributed by atoms with van der Waals surface area (Å²) in [7, 11) is 0. The van der Waals surface area contributed by atoms with Crippen molar-refractivity contribution in [2.75, 3.05) is 0 Å². The van der Waals surface area contributed by atoms with E-state index in [1.54, 1.807) is 0 Å². The number of rotatable bonds is 5. The summed E-state index contributed by atoms with van der Waals surface area (Å²) in [4.78, 5) is 11.3. The second-order valence-electron chi connectivity index (χ2n) is 3.21. The molecule has 0 rings (SSSR count). The maximum atomic E-state index is 11.3. The highest BCUT2D eigenvalue weighted by atomic mass is 32.1. The number of hydrogen-bond donors (Lipinski definition) is 1. The largest absolute Gasteiger partial charge is 0.299 e. The first-order valence-electron chi connectivity index (χ1n) is 4.28. The van der Waals surface area contributed by atoms with E-state index in [-0.39, 0.29) is 11.2 Å². The van der Waals surface area contributed by atoms with Crippen molar-refractivity contribution in [1.29, 1.82) is 0 Å². The molecule has 0 aromatic carbocycles. The Morgan fingerprint density at radius 1 is 1.45 bits per heavy atom. The number of carbonyl (C=O) groups is 1. The fourth-order valence-electron chi connectivity index (χ4n) is 1.09. The van der Waals surface area contributed by atoms with Crippen LogP contribution in [0, 0.1) is 5.92 Å². The summed E-state index contributed by atoms with van der Waals surface area (Å²) in [6.45, 7) is 6.07. The Kier molecular flexibility index (Phi) is 5.65. The van der Waals surface area contributed by atoms with Crippen LogP contribution >= 0.6 is 12.6 Å².